The molecule has 0 aromatic heterocycles. The minimum atomic E-state index is -3.61. The molecular formula is C26H36N2O4S. The van der Waals surface area contributed by atoms with Gasteiger partial charge >= 0.3 is 0 Å². The van der Waals surface area contributed by atoms with Crippen molar-refractivity contribution in [1.82, 2.24) is 9.62 Å². The monoisotopic (exact) mass is 472 g/mol. The number of ether oxygens (including phenoxy) is 1. The summed E-state index contributed by atoms with van der Waals surface area (Å²) in [7, 11) is -3.61. The Morgan fingerprint density at radius 2 is 1.70 bits per heavy atom. The van der Waals surface area contributed by atoms with Crippen molar-refractivity contribution in [2.45, 2.75) is 63.7 Å². The Labute approximate surface area is 198 Å². The van der Waals surface area contributed by atoms with Crippen LogP contribution in [-0.4, -0.2) is 44.9 Å². The second-order valence-electron chi connectivity index (χ2n) is 9.65. The van der Waals surface area contributed by atoms with Crippen LogP contribution in [0.25, 0.3) is 0 Å². The number of hydrogen-bond acceptors (Lipinski definition) is 4. The van der Waals surface area contributed by atoms with Crippen LogP contribution in [0.5, 0.6) is 5.75 Å². The van der Waals surface area contributed by atoms with Crippen LogP contribution in [0.15, 0.2) is 47.4 Å². The average Bonchev–Trinajstić information content (AvgIpc) is 3.06. The van der Waals surface area contributed by atoms with Gasteiger partial charge in [0.15, 0.2) is 0 Å². The fourth-order valence-electron chi connectivity index (χ4n) is 4.07. The fourth-order valence-corrected chi connectivity index (χ4v) is 5.61. The molecule has 1 N–H and O–H groups in total. The van der Waals surface area contributed by atoms with Crippen molar-refractivity contribution < 1.29 is 17.9 Å². The molecule has 0 radical (unpaired) electrons. The van der Waals surface area contributed by atoms with Crippen LogP contribution in [0.2, 0.25) is 0 Å². The predicted octanol–water partition coefficient (Wildman–Crippen LogP) is 4.67. The zero-order chi connectivity index (χ0) is 24.1. The minimum absolute atomic E-state index is 0.0454. The van der Waals surface area contributed by atoms with Gasteiger partial charge in [0, 0.05) is 18.7 Å². The molecule has 7 heteroatoms. The van der Waals surface area contributed by atoms with Gasteiger partial charge in [-0.25, -0.2) is 8.42 Å². The summed E-state index contributed by atoms with van der Waals surface area (Å²) in [5.41, 5.74) is 2.18. The number of aryl methyl sites for hydroxylation is 1. The predicted molar refractivity (Wildman–Crippen MR) is 131 cm³/mol. The molecule has 33 heavy (non-hydrogen) atoms. The lowest BCUT2D eigenvalue weighted by Crippen LogP contribution is -2.32. The molecule has 1 heterocycles. The number of benzene rings is 2. The smallest absolute Gasteiger partial charge is 0.251 e. The largest absolute Gasteiger partial charge is 0.491 e. The van der Waals surface area contributed by atoms with Crippen LogP contribution in [0.3, 0.4) is 0 Å². The third-order valence-corrected chi connectivity index (χ3v) is 7.89. The van der Waals surface area contributed by atoms with E-state index in [2.05, 4.69) is 26.1 Å². The van der Waals surface area contributed by atoms with E-state index < -0.39 is 10.0 Å². The van der Waals surface area contributed by atoms with E-state index in [9.17, 15) is 13.2 Å². The third-order valence-electron chi connectivity index (χ3n) is 6.00. The summed E-state index contributed by atoms with van der Waals surface area (Å²) >= 11 is 0. The van der Waals surface area contributed by atoms with E-state index in [1.54, 1.807) is 16.4 Å². The molecule has 180 valence electrons. The molecule has 0 aliphatic carbocycles. The van der Waals surface area contributed by atoms with Gasteiger partial charge in [-0.1, -0.05) is 57.9 Å². The van der Waals surface area contributed by atoms with E-state index in [0.29, 0.717) is 31.8 Å². The molecule has 2 aromatic carbocycles. The van der Waals surface area contributed by atoms with E-state index in [4.69, 9.17) is 4.74 Å². The first-order valence-corrected chi connectivity index (χ1v) is 13.2. The first kappa shape index (κ1) is 25.2. The maximum Gasteiger partial charge on any atom is 0.251 e. The van der Waals surface area contributed by atoms with E-state index in [0.717, 1.165) is 42.6 Å². The van der Waals surface area contributed by atoms with E-state index in [1.165, 1.54) is 6.07 Å². The topological polar surface area (TPSA) is 75.7 Å². The van der Waals surface area contributed by atoms with Gasteiger partial charge in [-0.05, 0) is 54.5 Å². The van der Waals surface area contributed by atoms with E-state index in [1.807, 2.05) is 31.2 Å². The van der Waals surface area contributed by atoms with Crippen LogP contribution in [0, 0.1) is 6.92 Å². The summed E-state index contributed by atoms with van der Waals surface area (Å²) in [5, 5.41) is 2.86. The third kappa shape index (κ3) is 6.36. The van der Waals surface area contributed by atoms with Crippen molar-refractivity contribution in [1.29, 1.82) is 0 Å². The molecule has 0 bridgehead atoms. The zero-order valence-electron chi connectivity index (χ0n) is 20.2. The van der Waals surface area contributed by atoms with Crippen molar-refractivity contribution in [3.05, 3.63) is 59.2 Å². The van der Waals surface area contributed by atoms with Gasteiger partial charge < -0.3 is 10.1 Å². The van der Waals surface area contributed by atoms with Crippen molar-refractivity contribution in [3.63, 3.8) is 0 Å². The van der Waals surface area contributed by atoms with Crippen LogP contribution in [0.1, 0.15) is 67.9 Å². The zero-order valence-corrected chi connectivity index (χ0v) is 21.0. The highest BCUT2D eigenvalue weighted by Crippen LogP contribution is 2.30. The maximum atomic E-state index is 13.1. The van der Waals surface area contributed by atoms with Crippen molar-refractivity contribution in [2.75, 3.05) is 26.2 Å². The maximum absolute atomic E-state index is 13.1. The Bertz CT molecular complexity index is 1070. The van der Waals surface area contributed by atoms with Crippen molar-refractivity contribution in [3.8, 4) is 5.75 Å². The lowest BCUT2D eigenvalue weighted by atomic mass is 9.86. The van der Waals surface area contributed by atoms with Crippen LogP contribution in [-0.2, 0) is 15.4 Å². The highest BCUT2D eigenvalue weighted by molar-refractivity contribution is 7.89. The molecule has 0 atom stereocenters. The molecule has 6 nitrogen and oxygen atoms in total. The molecule has 0 unspecified atom stereocenters. The first-order valence-electron chi connectivity index (χ1n) is 11.7. The van der Waals surface area contributed by atoms with Gasteiger partial charge in [0.1, 0.15) is 12.4 Å². The number of amides is 1. The molecule has 3 rings (SSSR count). The molecule has 2 aromatic rings. The minimum Gasteiger partial charge on any atom is -0.491 e. The van der Waals surface area contributed by atoms with E-state index >= 15 is 0 Å². The quantitative estimate of drug-likeness (QED) is 0.595. The molecule has 1 aliphatic rings. The highest BCUT2D eigenvalue weighted by atomic mass is 32.2. The number of carbonyl (C=O) groups excluding carboxylic acids is 1. The molecule has 1 aliphatic heterocycles. The number of rotatable bonds is 7. The lowest BCUT2D eigenvalue weighted by molar-refractivity contribution is 0.0946. The fraction of sp³-hybridized carbons (Fsp3) is 0.500. The summed E-state index contributed by atoms with van der Waals surface area (Å²) in [5.74, 6) is 0.508. The van der Waals surface area contributed by atoms with E-state index in [-0.39, 0.29) is 16.2 Å². The molecule has 1 fully saturated rings. The Kier molecular flexibility index (Phi) is 8.19. The normalized spacial score (nSPS) is 15.6. The van der Waals surface area contributed by atoms with Crippen LogP contribution in [0.4, 0.5) is 0 Å². The molecule has 0 spiro atoms. The Morgan fingerprint density at radius 1 is 1.03 bits per heavy atom. The lowest BCUT2D eigenvalue weighted by Gasteiger charge is -2.22. The number of nitrogens with zero attached hydrogens (tertiary/aromatic N) is 1. The second kappa shape index (κ2) is 10.7. The van der Waals surface area contributed by atoms with Gasteiger partial charge in [0.25, 0.3) is 5.91 Å². The number of carbonyl (C=O) groups is 1. The van der Waals surface area contributed by atoms with Crippen molar-refractivity contribution >= 4 is 15.9 Å². The molecule has 0 saturated carbocycles. The molecule has 1 amide bonds. The van der Waals surface area contributed by atoms with Gasteiger partial charge in [-0.3, -0.25) is 4.79 Å². The number of sulfonamides is 1. The Hall–Kier alpha value is -2.38. The molecular weight excluding hydrogens is 436 g/mol. The van der Waals surface area contributed by atoms with Gasteiger partial charge in [-0.2, -0.15) is 4.31 Å². The molecule has 1 saturated heterocycles. The average molecular weight is 473 g/mol. The summed E-state index contributed by atoms with van der Waals surface area (Å²) in [6.07, 6.45) is 3.85. The number of nitrogens with one attached hydrogen (secondary N) is 1. The summed E-state index contributed by atoms with van der Waals surface area (Å²) in [6, 6.07) is 12.7. The first-order chi connectivity index (χ1) is 15.6. The Morgan fingerprint density at radius 3 is 2.36 bits per heavy atom. The van der Waals surface area contributed by atoms with Gasteiger partial charge in [0.2, 0.25) is 10.0 Å². The standard InChI is InChI=1S/C26H36N2O4S/c1-20-13-14-21(33(30,31)28-16-9-5-6-10-17-28)19-22(20)25(29)27-15-18-32-24-12-8-7-11-23(24)26(2,3)4/h7-8,11-14,19H,5-6,9-10,15-18H2,1-4H3,(H,27,29). The van der Waals surface area contributed by atoms with Crippen LogP contribution >= 0.6 is 0 Å². The summed E-state index contributed by atoms with van der Waals surface area (Å²) in [6.45, 7) is 9.92. The second-order valence-corrected chi connectivity index (χ2v) is 11.6. The van der Waals surface area contributed by atoms with Gasteiger partial charge in [-0.15, -0.1) is 0 Å². The SMILES string of the molecule is Cc1ccc(S(=O)(=O)N2CCCCCC2)cc1C(=O)NCCOc1ccccc1C(C)(C)C. The Balaban J connectivity index is 1.65. The summed E-state index contributed by atoms with van der Waals surface area (Å²) < 4.78 is 33.7. The van der Waals surface area contributed by atoms with Crippen molar-refractivity contribution in [2.24, 2.45) is 0 Å². The highest BCUT2D eigenvalue weighted by Gasteiger charge is 2.26. The summed E-state index contributed by atoms with van der Waals surface area (Å²) in [4.78, 5) is 13.0. The number of para-hydroxylation sites is 1. The van der Waals surface area contributed by atoms with Gasteiger partial charge in [0.05, 0.1) is 11.4 Å². The number of hydrogen-bond donors (Lipinski definition) is 1. The van der Waals surface area contributed by atoms with Crippen LogP contribution < -0.4 is 10.1 Å².